The molecule has 0 amide bonds. The molecule has 0 N–H and O–H groups in total. The van der Waals surface area contributed by atoms with E-state index in [0.29, 0.717) is 0 Å². The molecule has 0 bridgehead atoms. The summed E-state index contributed by atoms with van der Waals surface area (Å²) in [5.74, 6) is 0.0842. The second kappa shape index (κ2) is 8.41. The van der Waals surface area contributed by atoms with Crippen LogP contribution in [-0.4, -0.2) is 13.9 Å². The average Bonchev–Trinajstić information content (AvgIpc) is 2.78. The molecular weight excluding hydrogens is 380 g/mol. The minimum absolute atomic E-state index is 0.140. The van der Waals surface area contributed by atoms with Gasteiger partial charge in [0.05, 0.1) is 8.07 Å². The molecule has 0 spiro atoms. The van der Waals surface area contributed by atoms with Crippen molar-refractivity contribution in [3.05, 3.63) is 114 Å². The van der Waals surface area contributed by atoms with Crippen molar-refractivity contribution >= 4 is 29.8 Å². The van der Waals surface area contributed by atoms with Crippen molar-refractivity contribution in [1.82, 2.24) is 0 Å². The second-order valence-corrected chi connectivity index (χ2v) is 13.6. The van der Waals surface area contributed by atoms with E-state index < -0.39 is 8.07 Å². The highest BCUT2D eigenvalue weighted by molar-refractivity contribution is 6.90. The average molecular weight is 409 g/mol. The lowest BCUT2D eigenvalue weighted by molar-refractivity contribution is 0.0965. The third-order valence-corrected chi connectivity index (χ3v) is 9.42. The van der Waals surface area contributed by atoms with Crippen LogP contribution in [0.4, 0.5) is 0 Å². The third kappa shape index (κ3) is 4.29. The fourth-order valence-corrected chi connectivity index (χ4v) is 7.00. The zero-order valence-corrected chi connectivity index (χ0v) is 18.9. The lowest BCUT2D eigenvalue weighted by Crippen LogP contribution is -2.43. The van der Waals surface area contributed by atoms with E-state index in [-0.39, 0.29) is 11.7 Å². The molecule has 4 aromatic carbocycles. The molecule has 0 heterocycles. The van der Waals surface area contributed by atoms with Crippen molar-refractivity contribution in [2.45, 2.75) is 32.0 Å². The Kier molecular flexibility index (Phi) is 5.69. The Bertz CT molecular complexity index is 1160. The highest BCUT2D eigenvalue weighted by Crippen LogP contribution is 2.32. The molecular formula is C28H28OSi. The summed E-state index contributed by atoms with van der Waals surface area (Å²) in [6.07, 6.45) is 0. The molecule has 0 saturated heterocycles. The number of aryl methyl sites for hydroxylation is 1. The Hall–Kier alpha value is -2.97. The summed E-state index contributed by atoms with van der Waals surface area (Å²) in [5, 5.41) is 3.80. The lowest BCUT2D eigenvalue weighted by atomic mass is 9.90. The fourth-order valence-electron chi connectivity index (χ4n) is 4.22. The Morgan fingerprint density at radius 3 is 2.10 bits per heavy atom. The smallest absolute Gasteiger partial charge is 0.170 e. The monoisotopic (exact) mass is 408 g/mol. The molecule has 2 heteroatoms. The number of fused-ring (bicyclic) bond motifs is 1. The lowest BCUT2D eigenvalue weighted by Gasteiger charge is -2.28. The van der Waals surface area contributed by atoms with Crippen molar-refractivity contribution in [3.8, 4) is 0 Å². The summed E-state index contributed by atoms with van der Waals surface area (Å²) in [6, 6.07) is 34.5. The van der Waals surface area contributed by atoms with Crippen molar-refractivity contribution in [1.29, 1.82) is 0 Å². The Labute approximate surface area is 180 Å². The number of benzene rings is 4. The Balaban J connectivity index is 1.77. The maximum absolute atomic E-state index is 13.7. The Morgan fingerprint density at radius 2 is 1.40 bits per heavy atom. The van der Waals surface area contributed by atoms with Gasteiger partial charge in [-0.05, 0) is 29.3 Å². The van der Waals surface area contributed by atoms with Gasteiger partial charge in [-0.1, -0.05) is 121 Å². The second-order valence-electron chi connectivity index (χ2n) is 8.84. The number of rotatable bonds is 6. The summed E-state index contributed by atoms with van der Waals surface area (Å²) >= 11 is 0. The topological polar surface area (TPSA) is 17.1 Å². The summed E-state index contributed by atoms with van der Waals surface area (Å²) in [7, 11) is -1.82. The highest BCUT2D eigenvalue weighted by Gasteiger charge is 2.32. The van der Waals surface area contributed by atoms with E-state index in [0.717, 1.165) is 17.2 Å². The minimum atomic E-state index is -1.82. The Morgan fingerprint density at radius 1 is 0.767 bits per heavy atom. The zero-order valence-electron chi connectivity index (χ0n) is 17.9. The van der Waals surface area contributed by atoms with Gasteiger partial charge >= 0.3 is 0 Å². The third-order valence-electron chi connectivity index (χ3n) is 6.10. The molecule has 0 saturated carbocycles. The van der Waals surface area contributed by atoms with Gasteiger partial charge in [0.15, 0.2) is 5.78 Å². The molecule has 0 fully saturated rings. The van der Waals surface area contributed by atoms with Crippen LogP contribution in [0.5, 0.6) is 0 Å². The van der Waals surface area contributed by atoms with Crippen LogP contribution >= 0.6 is 0 Å². The standard InChI is InChI=1S/C28H28OSi/c1-21-13-15-23(16-14-21)28(29)27(20-30(2,3)26-11-5-4-6-12-26)25-18-17-22-9-7-8-10-24(22)19-25/h4-19,27H,20H2,1-3H3. The van der Waals surface area contributed by atoms with E-state index in [9.17, 15) is 4.79 Å². The van der Waals surface area contributed by atoms with Gasteiger partial charge in [0.1, 0.15) is 0 Å². The molecule has 1 atom stereocenters. The highest BCUT2D eigenvalue weighted by atomic mass is 28.3. The van der Waals surface area contributed by atoms with Crippen molar-refractivity contribution in [2.24, 2.45) is 0 Å². The molecule has 4 rings (SSSR count). The van der Waals surface area contributed by atoms with E-state index in [1.807, 2.05) is 24.3 Å². The first kappa shape index (κ1) is 20.3. The number of hydrogen-bond acceptors (Lipinski definition) is 1. The predicted molar refractivity (Wildman–Crippen MR) is 131 cm³/mol. The summed E-state index contributed by atoms with van der Waals surface area (Å²) in [4.78, 5) is 13.7. The van der Waals surface area contributed by atoms with Gasteiger partial charge in [0, 0.05) is 11.5 Å². The molecule has 150 valence electrons. The summed E-state index contributed by atoms with van der Waals surface area (Å²) in [6.45, 7) is 6.80. The molecule has 0 aliphatic heterocycles. The maximum Gasteiger partial charge on any atom is 0.170 e. The molecule has 0 aromatic heterocycles. The molecule has 0 aliphatic carbocycles. The van der Waals surface area contributed by atoms with Gasteiger partial charge in [-0.15, -0.1) is 0 Å². The first-order chi connectivity index (χ1) is 14.4. The summed E-state index contributed by atoms with van der Waals surface area (Å²) < 4.78 is 0. The van der Waals surface area contributed by atoms with Gasteiger partial charge in [-0.2, -0.15) is 0 Å². The zero-order chi connectivity index (χ0) is 21.1. The molecule has 4 aromatic rings. The van der Waals surface area contributed by atoms with Crippen LogP contribution in [0.3, 0.4) is 0 Å². The van der Waals surface area contributed by atoms with E-state index in [4.69, 9.17) is 0 Å². The van der Waals surface area contributed by atoms with E-state index in [1.54, 1.807) is 0 Å². The van der Waals surface area contributed by atoms with Crippen LogP contribution in [0, 0.1) is 6.92 Å². The normalized spacial score (nSPS) is 12.6. The number of hydrogen-bond donors (Lipinski definition) is 0. The van der Waals surface area contributed by atoms with E-state index in [2.05, 4.69) is 92.8 Å². The van der Waals surface area contributed by atoms with Crippen LogP contribution in [-0.2, 0) is 0 Å². The summed E-state index contributed by atoms with van der Waals surface area (Å²) in [5.41, 5.74) is 3.10. The van der Waals surface area contributed by atoms with Crippen LogP contribution in [0.2, 0.25) is 19.1 Å². The van der Waals surface area contributed by atoms with Gasteiger partial charge in [-0.3, -0.25) is 4.79 Å². The van der Waals surface area contributed by atoms with Crippen molar-refractivity contribution < 1.29 is 4.79 Å². The predicted octanol–water partition coefficient (Wildman–Crippen LogP) is 6.73. The fraction of sp³-hybridized carbons (Fsp3) is 0.179. The molecule has 0 radical (unpaired) electrons. The number of carbonyl (C=O) groups excluding carboxylic acids is 1. The van der Waals surface area contributed by atoms with Crippen LogP contribution in [0.25, 0.3) is 10.8 Å². The minimum Gasteiger partial charge on any atom is -0.294 e. The van der Waals surface area contributed by atoms with Gasteiger partial charge in [0.25, 0.3) is 0 Å². The van der Waals surface area contributed by atoms with Crippen molar-refractivity contribution in [3.63, 3.8) is 0 Å². The first-order valence-corrected chi connectivity index (χ1v) is 13.8. The van der Waals surface area contributed by atoms with Crippen molar-refractivity contribution in [2.75, 3.05) is 0 Å². The quantitative estimate of drug-likeness (QED) is 0.255. The first-order valence-electron chi connectivity index (χ1n) is 10.6. The van der Waals surface area contributed by atoms with E-state index in [1.165, 1.54) is 21.5 Å². The number of carbonyl (C=O) groups is 1. The molecule has 1 nitrogen and oxygen atoms in total. The molecule has 1 unspecified atom stereocenters. The van der Waals surface area contributed by atoms with Crippen LogP contribution in [0.15, 0.2) is 97.1 Å². The van der Waals surface area contributed by atoms with Gasteiger partial charge in [0.2, 0.25) is 0 Å². The molecule has 0 aliphatic rings. The molecule has 30 heavy (non-hydrogen) atoms. The number of ketones is 1. The largest absolute Gasteiger partial charge is 0.294 e. The SMILES string of the molecule is Cc1ccc(C(=O)C(C[Si](C)(C)c2ccccc2)c2ccc3ccccc3c2)cc1. The van der Waals surface area contributed by atoms with Gasteiger partial charge < -0.3 is 0 Å². The van der Waals surface area contributed by atoms with E-state index >= 15 is 0 Å². The maximum atomic E-state index is 13.7. The van der Waals surface area contributed by atoms with Crippen LogP contribution in [0.1, 0.15) is 27.4 Å². The number of Topliss-reactive ketones (excluding diaryl/α,β-unsaturated/α-hetero) is 1. The van der Waals surface area contributed by atoms with Gasteiger partial charge in [-0.25, -0.2) is 0 Å². The van der Waals surface area contributed by atoms with Crippen LogP contribution < -0.4 is 5.19 Å².